The number of hydrogen-bond acceptors (Lipinski definition) is 2. The summed E-state index contributed by atoms with van der Waals surface area (Å²) in [5, 5.41) is 1.08. The lowest BCUT2D eigenvalue weighted by molar-refractivity contribution is 0.306. The molecule has 1 atom stereocenters. The molecule has 2 aromatic rings. The Morgan fingerprint density at radius 2 is 1.89 bits per heavy atom. The van der Waals surface area contributed by atoms with Gasteiger partial charge < -0.3 is 10.5 Å². The maximum atomic E-state index is 5.96. The van der Waals surface area contributed by atoms with Crippen LogP contribution in [0.15, 0.2) is 42.5 Å². The summed E-state index contributed by atoms with van der Waals surface area (Å²) >= 11 is 11.8. The Bertz CT molecular complexity index is 570. The summed E-state index contributed by atoms with van der Waals surface area (Å²) in [6, 6.07) is 13.2. The van der Waals surface area contributed by atoms with Crippen LogP contribution in [0.2, 0.25) is 10.0 Å². The van der Waals surface area contributed by atoms with Crippen molar-refractivity contribution in [3.63, 3.8) is 0 Å². The third kappa shape index (κ3) is 3.87. The summed E-state index contributed by atoms with van der Waals surface area (Å²) in [4.78, 5) is 0. The molecule has 0 heterocycles. The maximum absolute atomic E-state index is 5.96. The third-order valence-corrected chi connectivity index (χ3v) is 3.51. The van der Waals surface area contributed by atoms with Gasteiger partial charge in [0.05, 0.1) is 10.0 Å². The molecule has 4 heteroatoms. The van der Waals surface area contributed by atoms with Crippen LogP contribution in [-0.4, -0.2) is 0 Å². The monoisotopic (exact) mass is 295 g/mol. The highest BCUT2D eigenvalue weighted by Crippen LogP contribution is 2.24. The highest BCUT2D eigenvalue weighted by Gasteiger charge is 2.03. The smallest absolute Gasteiger partial charge is 0.120 e. The first-order valence-corrected chi connectivity index (χ1v) is 6.74. The van der Waals surface area contributed by atoms with Crippen molar-refractivity contribution in [1.29, 1.82) is 0 Å². The lowest BCUT2D eigenvalue weighted by Gasteiger charge is -2.10. The quantitative estimate of drug-likeness (QED) is 0.895. The fourth-order valence-corrected chi connectivity index (χ4v) is 2.00. The number of halogens is 2. The van der Waals surface area contributed by atoms with Gasteiger partial charge in [-0.2, -0.15) is 0 Å². The molecule has 2 nitrogen and oxygen atoms in total. The van der Waals surface area contributed by atoms with Gasteiger partial charge >= 0.3 is 0 Å². The van der Waals surface area contributed by atoms with E-state index in [4.69, 9.17) is 33.7 Å². The Morgan fingerprint density at radius 1 is 1.11 bits per heavy atom. The predicted octanol–water partition coefficient (Wildman–Crippen LogP) is 4.59. The molecule has 100 valence electrons. The summed E-state index contributed by atoms with van der Waals surface area (Å²) in [7, 11) is 0. The van der Waals surface area contributed by atoms with Crippen molar-refractivity contribution < 1.29 is 4.74 Å². The third-order valence-electron chi connectivity index (χ3n) is 2.77. The molecule has 0 aliphatic rings. The fraction of sp³-hybridized carbons (Fsp3) is 0.200. The van der Waals surface area contributed by atoms with Crippen molar-refractivity contribution >= 4 is 23.2 Å². The van der Waals surface area contributed by atoms with Crippen molar-refractivity contribution in [1.82, 2.24) is 0 Å². The zero-order valence-electron chi connectivity index (χ0n) is 10.6. The van der Waals surface area contributed by atoms with Gasteiger partial charge in [-0.25, -0.2) is 0 Å². The second-order valence-electron chi connectivity index (χ2n) is 4.40. The molecule has 2 rings (SSSR count). The molecular formula is C15H15Cl2NO. The van der Waals surface area contributed by atoms with Crippen molar-refractivity contribution in [2.45, 2.75) is 19.6 Å². The molecule has 0 amide bonds. The molecule has 0 bridgehead atoms. The van der Waals surface area contributed by atoms with Crippen LogP contribution in [0.3, 0.4) is 0 Å². The number of hydrogen-bond donors (Lipinski definition) is 1. The Balaban J connectivity index is 2.05. The van der Waals surface area contributed by atoms with Crippen LogP contribution in [0.1, 0.15) is 24.1 Å². The Labute approximate surface area is 123 Å². The molecule has 0 saturated carbocycles. The first-order valence-electron chi connectivity index (χ1n) is 5.98. The van der Waals surface area contributed by atoms with Crippen LogP contribution in [0.4, 0.5) is 0 Å². The van der Waals surface area contributed by atoms with Crippen molar-refractivity contribution in [3.8, 4) is 5.75 Å². The van der Waals surface area contributed by atoms with Crippen molar-refractivity contribution in [2.24, 2.45) is 5.73 Å². The van der Waals surface area contributed by atoms with Gasteiger partial charge in [0.25, 0.3) is 0 Å². The van der Waals surface area contributed by atoms with E-state index in [1.807, 2.05) is 37.3 Å². The Morgan fingerprint density at radius 3 is 2.58 bits per heavy atom. The lowest BCUT2D eigenvalue weighted by atomic mass is 10.1. The molecular weight excluding hydrogens is 281 g/mol. The molecule has 0 saturated heterocycles. The summed E-state index contributed by atoms with van der Waals surface area (Å²) in [6.07, 6.45) is 0. The van der Waals surface area contributed by atoms with Crippen molar-refractivity contribution in [2.75, 3.05) is 0 Å². The second kappa shape index (κ2) is 6.29. The van der Waals surface area contributed by atoms with Crippen LogP contribution in [0, 0.1) is 0 Å². The van der Waals surface area contributed by atoms with E-state index in [0.717, 1.165) is 16.9 Å². The van der Waals surface area contributed by atoms with E-state index in [1.165, 1.54) is 0 Å². The summed E-state index contributed by atoms with van der Waals surface area (Å²) < 4.78 is 5.72. The van der Waals surface area contributed by atoms with Gasteiger partial charge in [-0.1, -0.05) is 41.4 Å². The molecule has 0 radical (unpaired) electrons. The van der Waals surface area contributed by atoms with E-state index in [-0.39, 0.29) is 6.04 Å². The van der Waals surface area contributed by atoms with Gasteiger partial charge in [0.2, 0.25) is 0 Å². The Kier molecular flexibility index (Phi) is 4.70. The molecule has 0 aromatic heterocycles. The van der Waals surface area contributed by atoms with Crippen LogP contribution in [0.5, 0.6) is 5.75 Å². The summed E-state index contributed by atoms with van der Waals surface area (Å²) in [6.45, 7) is 2.39. The normalized spacial score (nSPS) is 12.2. The highest BCUT2D eigenvalue weighted by atomic mass is 35.5. The molecule has 0 spiro atoms. The van der Waals surface area contributed by atoms with Crippen LogP contribution in [0.25, 0.3) is 0 Å². The number of benzene rings is 2. The van der Waals surface area contributed by atoms with Gasteiger partial charge in [0.1, 0.15) is 12.4 Å². The zero-order valence-corrected chi connectivity index (χ0v) is 12.1. The summed E-state index contributed by atoms with van der Waals surface area (Å²) in [5.74, 6) is 0.792. The lowest BCUT2D eigenvalue weighted by Crippen LogP contribution is -2.05. The largest absolute Gasteiger partial charge is 0.489 e. The first kappa shape index (κ1) is 14.2. The molecule has 0 aliphatic carbocycles. The minimum absolute atomic E-state index is 0.00599. The average molecular weight is 296 g/mol. The number of rotatable bonds is 4. The molecule has 19 heavy (non-hydrogen) atoms. The van der Waals surface area contributed by atoms with Gasteiger partial charge in [-0.05, 0) is 42.3 Å². The Hall–Kier alpha value is -1.22. The van der Waals surface area contributed by atoms with Gasteiger partial charge in [-0.3, -0.25) is 0 Å². The standard InChI is InChI=1S/C15H15Cl2NO/c1-10(18)12-3-2-4-13(8-12)19-9-11-5-6-14(16)15(17)7-11/h2-8,10H,9,18H2,1H3/t10-/m0/s1. The van der Waals surface area contributed by atoms with E-state index in [2.05, 4.69) is 0 Å². The van der Waals surface area contributed by atoms with Gasteiger partial charge in [0, 0.05) is 6.04 Å². The van der Waals surface area contributed by atoms with Crippen LogP contribution < -0.4 is 10.5 Å². The molecule has 2 N–H and O–H groups in total. The van der Waals surface area contributed by atoms with E-state index in [1.54, 1.807) is 12.1 Å². The zero-order chi connectivity index (χ0) is 13.8. The van der Waals surface area contributed by atoms with E-state index >= 15 is 0 Å². The van der Waals surface area contributed by atoms with Gasteiger partial charge in [-0.15, -0.1) is 0 Å². The maximum Gasteiger partial charge on any atom is 0.120 e. The molecule has 0 unspecified atom stereocenters. The predicted molar refractivity (Wildman–Crippen MR) is 79.8 cm³/mol. The molecule has 2 aromatic carbocycles. The second-order valence-corrected chi connectivity index (χ2v) is 5.21. The van der Waals surface area contributed by atoms with Crippen LogP contribution >= 0.6 is 23.2 Å². The minimum Gasteiger partial charge on any atom is -0.489 e. The first-order chi connectivity index (χ1) is 9.06. The van der Waals surface area contributed by atoms with Gasteiger partial charge in [0.15, 0.2) is 0 Å². The number of ether oxygens (including phenoxy) is 1. The van der Waals surface area contributed by atoms with E-state index in [0.29, 0.717) is 16.7 Å². The summed E-state index contributed by atoms with van der Waals surface area (Å²) in [5.41, 5.74) is 7.86. The van der Waals surface area contributed by atoms with E-state index < -0.39 is 0 Å². The topological polar surface area (TPSA) is 35.2 Å². The number of nitrogens with two attached hydrogens (primary N) is 1. The SMILES string of the molecule is C[C@H](N)c1cccc(OCc2ccc(Cl)c(Cl)c2)c1. The van der Waals surface area contributed by atoms with Crippen molar-refractivity contribution in [3.05, 3.63) is 63.6 Å². The fourth-order valence-electron chi connectivity index (χ4n) is 1.68. The molecule has 0 aliphatic heterocycles. The minimum atomic E-state index is -0.00599. The average Bonchev–Trinajstić information content (AvgIpc) is 2.40. The van der Waals surface area contributed by atoms with Crippen LogP contribution in [-0.2, 0) is 6.61 Å². The molecule has 0 fully saturated rings. The highest BCUT2D eigenvalue weighted by molar-refractivity contribution is 6.42. The van der Waals surface area contributed by atoms with E-state index in [9.17, 15) is 0 Å².